The molecule has 0 aromatic carbocycles. The summed E-state index contributed by atoms with van der Waals surface area (Å²) < 4.78 is 0. The summed E-state index contributed by atoms with van der Waals surface area (Å²) in [6.45, 7) is 5.64. The Bertz CT molecular complexity index is 304. The maximum Gasteiger partial charge on any atom is 0.0419 e. The Kier molecular flexibility index (Phi) is 3.94. The van der Waals surface area contributed by atoms with Gasteiger partial charge in [0.2, 0.25) is 0 Å². The average Bonchev–Trinajstić information content (AvgIpc) is 3.09. The molecular weight excluding hydrogens is 196 g/mol. The topological polar surface area (TPSA) is 24.9 Å². The van der Waals surface area contributed by atoms with E-state index in [1.807, 2.05) is 12.3 Å². The maximum atomic E-state index is 4.42. The molecule has 1 unspecified atom stereocenters. The third-order valence-electron chi connectivity index (χ3n) is 3.13. The Labute approximate surface area is 98.5 Å². The molecule has 1 N–H and O–H groups in total. The van der Waals surface area contributed by atoms with Crippen molar-refractivity contribution in [3.05, 3.63) is 30.1 Å². The van der Waals surface area contributed by atoms with Crippen LogP contribution in [0.15, 0.2) is 24.4 Å². The SMILES string of the molecule is CC(C)CNC(Cc1ccccn1)C1CC1. The molecule has 0 saturated heterocycles. The van der Waals surface area contributed by atoms with Gasteiger partial charge in [-0.2, -0.15) is 0 Å². The fourth-order valence-corrected chi connectivity index (χ4v) is 2.04. The van der Waals surface area contributed by atoms with Gasteiger partial charge in [0.05, 0.1) is 0 Å². The van der Waals surface area contributed by atoms with E-state index in [9.17, 15) is 0 Å². The lowest BCUT2D eigenvalue weighted by Crippen LogP contribution is -2.35. The van der Waals surface area contributed by atoms with Crippen molar-refractivity contribution in [1.29, 1.82) is 0 Å². The van der Waals surface area contributed by atoms with E-state index in [1.165, 1.54) is 18.5 Å². The van der Waals surface area contributed by atoms with Gasteiger partial charge in [-0.15, -0.1) is 0 Å². The van der Waals surface area contributed by atoms with Crippen LogP contribution in [0.1, 0.15) is 32.4 Å². The molecule has 88 valence electrons. The number of rotatable bonds is 6. The summed E-state index contributed by atoms with van der Waals surface area (Å²) in [4.78, 5) is 4.42. The largest absolute Gasteiger partial charge is 0.313 e. The Morgan fingerprint density at radius 3 is 2.75 bits per heavy atom. The van der Waals surface area contributed by atoms with Crippen LogP contribution in [0.5, 0.6) is 0 Å². The van der Waals surface area contributed by atoms with E-state index in [2.05, 4.69) is 36.3 Å². The minimum Gasteiger partial charge on any atom is -0.313 e. The van der Waals surface area contributed by atoms with Crippen LogP contribution in [0.4, 0.5) is 0 Å². The maximum absolute atomic E-state index is 4.42. The molecule has 2 heteroatoms. The van der Waals surface area contributed by atoms with Gasteiger partial charge in [0.25, 0.3) is 0 Å². The molecule has 0 amide bonds. The van der Waals surface area contributed by atoms with Crippen LogP contribution >= 0.6 is 0 Å². The first kappa shape index (κ1) is 11.6. The zero-order chi connectivity index (χ0) is 11.4. The highest BCUT2D eigenvalue weighted by Crippen LogP contribution is 2.33. The summed E-state index contributed by atoms with van der Waals surface area (Å²) in [5.74, 6) is 1.62. The van der Waals surface area contributed by atoms with E-state index >= 15 is 0 Å². The second-order valence-electron chi connectivity index (χ2n) is 5.27. The molecule has 16 heavy (non-hydrogen) atoms. The lowest BCUT2D eigenvalue weighted by Gasteiger charge is -2.19. The Hall–Kier alpha value is -0.890. The van der Waals surface area contributed by atoms with Crippen molar-refractivity contribution < 1.29 is 0 Å². The Balaban J connectivity index is 1.87. The minimum absolute atomic E-state index is 0.636. The lowest BCUT2D eigenvalue weighted by molar-refractivity contribution is 0.421. The van der Waals surface area contributed by atoms with E-state index in [0.29, 0.717) is 6.04 Å². The second-order valence-corrected chi connectivity index (χ2v) is 5.27. The molecule has 1 aromatic heterocycles. The van der Waals surface area contributed by atoms with E-state index < -0.39 is 0 Å². The molecule has 0 bridgehead atoms. The summed E-state index contributed by atoms with van der Waals surface area (Å²) in [7, 11) is 0. The molecule has 1 saturated carbocycles. The quantitative estimate of drug-likeness (QED) is 0.794. The number of nitrogens with one attached hydrogen (secondary N) is 1. The molecule has 1 heterocycles. The monoisotopic (exact) mass is 218 g/mol. The molecule has 0 spiro atoms. The van der Waals surface area contributed by atoms with Gasteiger partial charge in [0.1, 0.15) is 0 Å². The smallest absolute Gasteiger partial charge is 0.0419 e. The standard InChI is InChI=1S/C14H22N2/c1-11(2)10-16-14(12-6-7-12)9-13-5-3-4-8-15-13/h3-5,8,11-12,14,16H,6-7,9-10H2,1-2H3. The van der Waals surface area contributed by atoms with Crippen LogP contribution in [0.3, 0.4) is 0 Å². The van der Waals surface area contributed by atoms with Crippen molar-refractivity contribution in [2.45, 2.75) is 39.2 Å². The number of hydrogen-bond donors (Lipinski definition) is 1. The van der Waals surface area contributed by atoms with Crippen molar-refractivity contribution in [2.75, 3.05) is 6.54 Å². The van der Waals surface area contributed by atoms with Crippen LogP contribution in [-0.4, -0.2) is 17.6 Å². The van der Waals surface area contributed by atoms with Crippen molar-refractivity contribution in [3.63, 3.8) is 0 Å². The van der Waals surface area contributed by atoms with Crippen LogP contribution in [0.2, 0.25) is 0 Å². The van der Waals surface area contributed by atoms with Gasteiger partial charge in [-0.05, 0) is 43.4 Å². The Morgan fingerprint density at radius 2 is 2.19 bits per heavy atom. The van der Waals surface area contributed by atoms with Crippen LogP contribution in [0, 0.1) is 11.8 Å². The van der Waals surface area contributed by atoms with Gasteiger partial charge in [-0.3, -0.25) is 4.98 Å². The molecule has 1 aromatic rings. The predicted molar refractivity (Wildman–Crippen MR) is 67.3 cm³/mol. The third-order valence-corrected chi connectivity index (χ3v) is 3.13. The number of hydrogen-bond acceptors (Lipinski definition) is 2. The fraction of sp³-hybridized carbons (Fsp3) is 0.643. The summed E-state index contributed by atoms with van der Waals surface area (Å²) in [5.41, 5.74) is 1.22. The van der Waals surface area contributed by atoms with E-state index in [1.54, 1.807) is 0 Å². The normalized spacial score (nSPS) is 17.7. The van der Waals surface area contributed by atoms with E-state index in [4.69, 9.17) is 0 Å². The highest BCUT2D eigenvalue weighted by molar-refractivity contribution is 5.07. The van der Waals surface area contributed by atoms with Gasteiger partial charge >= 0.3 is 0 Å². The second kappa shape index (κ2) is 5.44. The van der Waals surface area contributed by atoms with Gasteiger partial charge in [0, 0.05) is 24.4 Å². The molecule has 0 aliphatic heterocycles. The van der Waals surface area contributed by atoms with Crippen molar-refractivity contribution in [2.24, 2.45) is 11.8 Å². The number of aromatic nitrogens is 1. The van der Waals surface area contributed by atoms with Gasteiger partial charge in [-0.1, -0.05) is 19.9 Å². The molecular formula is C14H22N2. The van der Waals surface area contributed by atoms with Crippen LogP contribution in [0.25, 0.3) is 0 Å². The first-order valence-electron chi connectivity index (χ1n) is 6.39. The summed E-state index contributed by atoms with van der Waals surface area (Å²) in [6, 6.07) is 6.83. The highest BCUT2D eigenvalue weighted by atomic mass is 14.9. The first-order valence-corrected chi connectivity index (χ1v) is 6.39. The van der Waals surface area contributed by atoms with Crippen LogP contribution < -0.4 is 5.32 Å². The van der Waals surface area contributed by atoms with E-state index in [0.717, 1.165) is 24.8 Å². The van der Waals surface area contributed by atoms with Gasteiger partial charge in [-0.25, -0.2) is 0 Å². The number of nitrogens with zero attached hydrogens (tertiary/aromatic N) is 1. The van der Waals surface area contributed by atoms with Crippen LogP contribution in [-0.2, 0) is 6.42 Å². The van der Waals surface area contributed by atoms with Gasteiger partial charge in [0.15, 0.2) is 0 Å². The zero-order valence-corrected chi connectivity index (χ0v) is 10.3. The summed E-state index contributed by atoms with van der Waals surface area (Å²) in [5, 5.41) is 3.69. The minimum atomic E-state index is 0.636. The molecule has 1 atom stereocenters. The third kappa shape index (κ3) is 3.60. The molecule has 1 fully saturated rings. The molecule has 2 nitrogen and oxygen atoms in total. The molecule has 1 aliphatic rings. The first-order chi connectivity index (χ1) is 7.75. The average molecular weight is 218 g/mol. The fourth-order valence-electron chi connectivity index (χ4n) is 2.04. The summed E-state index contributed by atoms with van der Waals surface area (Å²) in [6.07, 6.45) is 5.76. The number of pyridine rings is 1. The van der Waals surface area contributed by atoms with Crippen molar-refractivity contribution in [1.82, 2.24) is 10.3 Å². The predicted octanol–water partition coefficient (Wildman–Crippen LogP) is 2.65. The molecule has 0 radical (unpaired) electrons. The van der Waals surface area contributed by atoms with Crippen molar-refractivity contribution >= 4 is 0 Å². The zero-order valence-electron chi connectivity index (χ0n) is 10.3. The molecule has 2 rings (SSSR count). The molecule has 1 aliphatic carbocycles. The van der Waals surface area contributed by atoms with E-state index in [-0.39, 0.29) is 0 Å². The van der Waals surface area contributed by atoms with Gasteiger partial charge < -0.3 is 5.32 Å². The van der Waals surface area contributed by atoms with Crippen molar-refractivity contribution in [3.8, 4) is 0 Å². The summed E-state index contributed by atoms with van der Waals surface area (Å²) >= 11 is 0. The lowest BCUT2D eigenvalue weighted by atomic mass is 10.1. The highest BCUT2D eigenvalue weighted by Gasteiger charge is 2.31. The Morgan fingerprint density at radius 1 is 1.38 bits per heavy atom.